The van der Waals surface area contributed by atoms with Crippen LogP contribution in [0, 0.1) is 13.8 Å². The van der Waals surface area contributed by atoms with E-state index in [1.807, 2.05) is 74.0 Å². The van der Waals surface area contributed by atoms with Crippen LogP contribution < -0.4 is 4.74 Å². The molecule has 6 nitrogen and oxygen atoms in total. The van der Waals surface area contributed by atoms with Crippen LogP contribution in [0.15, 0.2) is 65.8 Å². The number of hydrogen-bond acceptors (Lipinski definition) is 5. The number of carbonyl (C=O) groups excluding carboxylic acids is 1. The Morgan fingerprint density at radius 3 is 2.50 bits per heavy atom. The Hall–Kier alpha value is -3.32. The van der Waals surface area contributed by atoms with E-state index in [0.717, 1.165) is 34.8 Å². The molecule has 0 N–H and O–H groups in total. The first-order chi connectivity index (χ1) is 15.5. The molecule has 4 rings (SSSR count). The van der Waals surface area contributed by atoms with Crippen LogP contribution in [0.3, 0.4) is 0 Å². The number of nitrogens with zero attached hydrogens (tertiary/aromatic N) is 4. The van der Waals surface area contributed by atoms with E-state index in [2.05, 4.69) is 26.9 Å². The van der Waals surface area contributed by atoms with Gasteiger partial charge in [0.25, 0.3) is 0 Å². The van der Waals surface area contributed by atoms with E-state index in [4.69, 9.17) is 4.74 Å². The Morgan fingerprint density at radius 2 is 1.75 bits per heavy atom. The Balaban J connectivity index is 1.49. The number of aryl methyl sites for hydroxylation is 1. The van der Waals surface area contributed by atoms with Gasteiger partial charge in [-0.15, -0.1) is 10.2 Å². The fourth-order valence-electron chi connectivity index (χ4n) is 3.81. The number of para-hydroxylation sites is 1. The number of aromatic nitrogens is 4. The summed E-state index contributed by atoms with van der Waals surface area (Å²) >= 11 is 1.40. The minimum absolute atomic E-state index is 0.0873. The second-order valence-corrected chi connectivity index (χ2v) is 8.58. The second-order valence-electron chi connectivity index (χ2n) is 7.63. The fraction of sp³-hybridized carbons (Fsp3) is 0.240. The molecule has 0 radical (unpaired) electrons. The Kier molecular flexibility index (Phi) is 6.46. The number of methoxy groups -OCH3 is 1. The van der Waals surface area contributed by atoms with Crippen molar-refractivity contribution in [3.63, 3.8) is 0 Å². The summed E-state index contributed by atoms with van der Waals surface area (Å²) in [6.45, 7) is 4.81. The average molecular weight is 447 g/mol. The largest absolute Gasteiger partial charge is 0.496 e. The first kappa shape index (κ1) is 21.9. The topological polar surface area (TPSA) is 61.9 Å². The van der Waals surface area contributed by atoms with Gasteiger partial charge in [-0.1, -0.05) is 54.2 Å². The molecule has 0 bridgehead atoms. The number of hydrogen-bond donors (Lipinski definition) is 0. The van der Waals surface area contributed by atoms with Gasteiger partial charge >= 0.3 is 0 Å². The summed E-state index contributed by atoms with van der Waals surface area (Å²) in [5.74, 6) is 1.83. The van der Waals surface area contributed by atoms with E-state index in [1.165, 1.54) is 17.3 Å². The summed E-state index contributed by atoms with van der Waals surface area (Å²) in [6, 6.07) is 20.0. The Labute approximate surface area is 192 Å². The highest BCUT2D eigenvalue weighted by atomic mass is 32.2. The van der Waals surface area contributed by atoms with E-state index < -0.39 is 0 Å². The molecular formula is C25H26N4O2S. The zero-order valence-corrected chi connectivity index (χ0v) is 19.5. The molecule has 2 aromatic carbocycles. The highest BCUT2D eigenvalue weighted by Crippen LogP contribution is 2.30. The van der Waals surface area contributed by atoms with Gasteiger partial charge in [0, 0.05) is 30.5 Å². The summed E-state index contributed by atoms with van der Waals surface area (Å²) in [6.07, 6.45) is 0. The molecule has 164 valence electrons. The molecule has 0 atom stereocenters. The summed E-state index contributed by atoms with van der Waals surface area (Å²) in [5, 5.41) is 9.31. The van der Waals surface area contributed by atoms with Gasteiger partial charge in [0.1, 0.15) is 5.75 Å². The molecule has 0 fully saturated rings. The molecular weight excluding hydrogens is 420 g/mol. The molecule has 0 saturated carbocycles. The van der Waals surface area contributed by atoms with Gasteiger partial charge in [0.15, 0.2) is 16.8 Å². The number of ketones is 1. The molecule has 4 aromatic rings. The molecule has 0 amide bonds. The number of Topliss-reactive ketones (excluding diaryl/α,β-unsaturated/α-hetero) is 1. The number of thioether (sulfide) groups is 1. The van der Waals surface area contributed by atoms with Crippen molar-refractivity contribution < 1.29 is 9.53 Å². The van der Waals surface area contributed by atoms with Gasteiger partial charge in [-0.05, 0) is 37.6 Å². The van der Waals surface area contributed by atoms with Crippen LogP contribution >= 0.6 is 11.8 Å². The van der Waals surface area contributed by atoms with Gasteiger partial charge in [-0.3, -0.25) is 4.79 Å². The third-order valence-electron chi connectivity index (χ3n) is 5.57. The second kappa shape index (κ2) is 9.44. The van der Waals surface area contributed by atoms with E-state index in [1.54, 1.807) is 7.11 Å². The monoisotopic (exact) mass is 446 g/mol. The van der Waals surface area contributed by atoms with Gasteiger partial charge in [-0.2, -0.15) is 0 Å². The van der Waals surface area contributed by atoms with Gasteiger partial charge < -0.3 is 13.9 Å². The van der Waals surface area contributed by atoms with Crippen molar-refractivity contribution in [1.29, 1.82) is 0 Å². The zero-order valence-electron chi connectivity index (χ0n) is 18.7. The zero-order chi connectivity index (χ0) is 22.7. The lowest BCUT2D eigenvalue weighted by Gasteiger charge is -2.10. The highest BCUT2D eigenvalue weighted by Gasteiger charge is 2.19. The van der Waals surface area contributed by atoms with E-state index >= 15 is 0 Å². The maximum Gasteiger partial charge on any atom is 0.191 e. The van der Waals surface area contributed by atoms with E-state index in [0.29, 0.717) is 16.7 Å². The fourth-order valence-corrected chi connectivity index (χ4v) is 4.60. The lowest BCUT2D eigenvalue weighted by molar-refractivity contribution is 0.102. The van der Waals surface area contributed by atoms with Crippen LogP contribution in [0.4, 0.5) is 0 Å². The molecule has 2 heterocycles. The first-order valence-corrected chi connectivity index (χ1v) is 11.4. The van der Waals surface area contributed by atoms with Gasteiger partial charge in [0.05, 0.1) is 18.4 Å². The highest BCUT2D eigenvalue weighted by molar-refractivity contribution is 7.99. The van der Waals surface area contributed by atoms with Crippen LogP contribution in [-0.2, 0) is 13.6 Å². The maximum absolute atomic E-state index is 13.0. The van der Waals surface area contributed by atoms with Crippen LogP contribution in [0.2, 0.25) is 0 Å². The van der Waals surface area contributed by atoms with Crippen LogP contribution in [-0.4, -0.2) is 38.0 Å². The summed E-state index contributed by atoms with van der Waals surface area (Å²) in [5.41, 5.74) is 4.91. The lowest BCUT2D eigenvalue weighted by atomic mass is 10.2. The number of ether oxygens (including phenoxy) is 1. The van der Waals surface area contributed by atoms with Crippen LogP contribution in [0.25, 0.3) is 11.4 Å². The molecule has 0 aliphatic rings. The summed E-state index contributed by atoms with van der Waals surface area (Å²) < 4.78 is 9.53. The van der Waals surface area contributed by atoms with Crippen LogP contribution in [0.1, 0.15) is 27.3 Å². The third-order valence-corrected chi connectivity index (χ3v) is 6.59. The van der Waals surface area contributed by atoms with Crippen molar-refractivity contribution >= 4 is 17.5 Å². The number of carbonyl (C=O) groups is 1. The number of rotatable bonds is 8. The van der Waals surface area contributed by atoms with Gasteiger partial charge in [-0.25, -0.2) is 0 Å². The van der Waals surface area contributed by atoms with E-state index in [9.17, 15) is 4.79 Å². The predicted octanol–water partition coefficient (Wildman–Crippen LogP) is 4.93. The molecule has 32 heavy (non-hydrogen) atoms. The SMILES string of the molecule is COc1ccccc1-c1nnc(SCC(=O)c2cc(C)n(Cc3ccccc3)c2C)n1C. The minimum Gasteiger partial charge on any atom is -0.496 e. The molecule has 0 saturated heterocycles. The van der Waals surface area contributed by atoms with Crippen molar-refractivity contribution in [2.45, 2.75) is 25.5 Å². The molecule has 2 aromatic heterocycles. The van der Waals surface area contributed by atoms with Crippen molar-refractivity contribution in [2.75, 3.05) is 12.9 Å². The van der Waals surface area contributed by atoms with E-state index in [-0.39, 0.29) is 5.78 Å². The van der Waals surface area contributed by atoms with Crippen molar-refractivity contribution in [2.24, 2.45) is 7.05 Å². The standard InChI is InChI=1S/C25H26N4O2S/c1-17-14-21(18(2)29(17)15-19-10-6-5-7-11-19)22(30)16-32-25-27-26-24(28(25)3)20-12-8-9-13-23(20)31-4/h5-14H,15-16H2,1-4H3. The summed E-state index contributed by atoms with van der Waals surface area (Å²) in [4.78, 5) is 13.0. The average Bonchev–Trinajstić information content (AvgIpc) is 3.32. The first-order valence-electron chi connectivity index (χ1n) is 10.4. The van der Waals surface area contributed by atoms with Crippen LogP contribution in [0.5, 0.6) is 5.75 Å². The quantitative estimate of drug-likeness (QED) is 0.284. The van der Waals surface area contributed by atoms with Gasteiger partial charge in [0.2, 0.25) is 0 Å². The molecule has 7 heteroatoms. The third kappa shape index (κ3) is 4.34. The predicted molar refractivity (Wildman–Crippen MR) is 127 cm³/mol. The Bertz CT molecular complexity index is 1240. The summed E-state index contributed by atoms with van der Waals surface area (Å²) in [7, 11) is 3.54. The maximum atomic E-state index is 13.0. The van der Waals surface area contributed by atoms with Crippen molar-refractivity contribution in [1.82, 2.24) is 19.3 Å². The normalized spacial score (nSPS) is 11.0. The molecule has 0 aliphatic carbocycles. The Morgan fingerprint density at radius 1 is 1.03 bits per heavy atom. The molecule has 0 aliphatic heterocycles. The van der Waals surface area contributed by atoms with Crippen molar-refractivity contribution in [3.8, 4) is 17.1 Å². The minimum atomic E-state index is 0.0873. The molecule has 0 unspecified atom stereocenters. The lowest BCUT2D eigenvalue weighted by Crippen LogP contribution is -2.08. The number of benzene rings is 2. The van der Waals surface area contributed by atoms with Crippen molar-refractivity contribution in [3.05, 3.63) is 83.2 Å². The smallest absolute Gasteiger partial charge is 0.191 e. The molecule has 0 spiro atoms.